The van der Waals surface area contributed by atoms with Gasteiger partial charge in [0, 0.05) is 12.1 Å². The first-order valence-corrected chi connectivity index (χ1v) is 11.2. The minimum Gasteiger partial charge on any atom is -0.406 e. The maximum atomic E-state index is 13.2. The fourth-order valence-electron chi connectivity index (χ4n) is 2.85. The summed E-state index contributed by atoms with van der Waals surface area (Å²) >= 11 is 12.0. The van der Waals surface area contributed by atoms with E-state index in [1.165, 1.54) is 11.6 Å². The van der Waals surface area contributed by atoms with Gasteiger partial charge in [-0.05, 0) is 19.1 Å². The van der Waals surface area contributed by atoms with Crippen molar-refractivity contribution in [2.75, 3.05) is 0 Å². The van der Waals surface area contributed by atoms with Crippen LogP contribution in [-0.4, -0.2) is 35.7 Å². The van der Waals surface area contributed by atoms with Gasteiger partial charge < -0.3 is 4.74 Å². The fourth-order valence-corrected chi connectivity index (χ4v) is 4.66. The average molecular weight is 563 g/mol. The number of nitrogens with one attached hydrogen (secondary N) is 1. The molecule has 1 N–H and O–H groups in total. The highest BCUT2D eigenvalue weighted by Crippen LogP contribution is 2.36. The monoisotopic (exact) mass is 562 g/mol. The predicted octanol–water partition coefficient (Wildman–Crippen LogP) is 4.92. The Morgan fingerprint density at radius 1 is 1.06 bits per heavy atom. The lowest BCUT2D eigenvalue weighted by atomic mass is 10.2. The van der Waals surface area contributed by atoms with Crippen LogP contribution in [0.4, 0.5) is 26.3 Å². The van der Waals surface area contributed by atoms with Crippen LogP contribution in [0.2, 0.25) is 10.0 Å². The lowest BCUT2D eigenvalue weighted by Gasteiger charge is -2.14. The highest BCUT2D eigenvalue weighted by atomic mass is 35.5. The molecule has 1 amide bonds. The summed E-state index contributed by atoms with van der Waals surface area (Å²) in [6.45, 7) is 1.21. The van der Waals surface area contributed by atoms with Gasteiger partial charge in [-0.25, -0.2) is 17.8 Å². The average Bonchev–Trinajstić information content (AvgIpc) is 3.06. The molecule has 0 fully saturated rings. The summed E-state index contributed by atoms with van der Waals surface area (Å²) < 4.78 is 108. The number of alkyl halides is 6. The Bertz CT molecular complexity index is 1380. The van der Waals surface area contributed by atoms with Crippen molar-refractivity contribution in [3.8, 4) is 11.4 Å². The van der Waals surface area contributed by atoms with E-state index in [1.54, 1.807) is 0 Å². The second-order valence-electron chi connectivity index (χ2n) is 6.65. The lowest BCUT2D eigenvalue weighted by Crippen LogP contribution is -2.32. The van der Waals surface area contributed by atoms with Crippen molar-refractivity contribution in [3.05, 3.63) is 63.4 Å². The van der Waals surface area contributed by atoms with Crippen molar-refractivity contribution >= 4 is 39.1 Å². The summed E-state index contributed by atoms with van der Waals surface area (Å²) in [4.78, 5) is 11.3. The third-order valence-electron chi connectivity index (χ3n) is 4.25. The first kappa shape index (κ1) is 26.6. The number of halogens is 8. The first-order chi connectivity index (χ1) is 16.0. The Labute approximate surface area is 202 Å². The van der Waals surface area contributed by atoms with Gasteiger partial charge in [-0.3, -0.25) is 4.79 Å². The molecule has 8 nitrogen and oxygen atoms in total. The molecule has 0 atom stereocenters. The summed E-state index contributed by atoms with van der Waals surface area (Å²) in [7, 11) is -5.00. The van der Waals surface area contributed by atoms with Gasteiger partial charge in [0.2, 0.25) is 0 Å². The zero-order chi connectivity index (χ0) is 26.3. The fraction of sp³-hybridized carbons (Fsp3) is 0.167. The molecule has 2 aromatic carbocycles. The van der Waals surface area contributed by atoms with E-state index in [0.717, 1.165) is 28.9 Å². The van der Waals surface area contributed by atoms with Crippen molar-refractivity contribution in [1.82, 2.24) is 19.7 Å². The van der Waals surface area contributed by atoms with E-state index in [1.807, 2.05) is 0 Å². The van der Waals surface area contributed by atoms with E-state index >= 15 is 0 Å². The van der Waals surface area contributed by atoms with Crippen LogP contribution in [0, 0.1) is 6.92 Å². The molecule has 0 spiro atoms. The van der Waals surface area contributed by atoms with Crippen LogP contribution < -0.4 is 9.46 Å². The Balaban J connectivity index is 1.95. The largest absolute Gasteiger partial charge is 0.573 e. The number of carbonyl (C=O) groups is 1. The topological polar surface area (TPSA) is 103 Å². The van der Waals surface area contributed by atoms with E-state index in [2.05, 4.69) is 15.0 Å². The van der Waals surface area contributed by atoms with Crippen LogP contribution in [0.15, 0.2) is 41.3 Å². The van der Waals surface area contributed by atoms with Gasteiger partial charge in [0.1, 0.15) is 11.4 Å². The number of amides is 1. The van der Waals surface area contributed by atoms with Crippen molar-refractivity contribution in [2.45, 2.75) is 24.4 Å². The number of hydrogen-bond donors (Lipinski definition) is 1. The Kier molecular flexibility index (Phi) is 6.98. The lowest BCUT2D eigenvalue weighted by molar-refractivity contribution is -0.274. The van der Waals surface area contributed by atoms with Gasteiger partial charge in [0.25, 0.3) is 15.9 Å². The van der Waals surface area contributed by atoms with E-state index in [4.69, 9.17) is 23.2 Å². The second-order valence-corrected chi connectivity index (χ2v) is 9.11. The molecule has 0 aliphatic carbocycles. The molecule has 0 aliphatic heterocycles. The number of nitrogens with zero attached hydrogens (tertiary/aromatic N) is 3. The summed E-state index contributed by atoms with van der Waals surface area (Å²) in [6, 6.07) is 4.71. The van der Waals surface area contributed by atoms with Gasteiger partial charge in [-0.2, -0.15) is 13.2 Å². The zero-order valence-corrected chi connectivity index (χ0v) is 19.2. The number of sulfonamides is 1. The van der Waals surface area contributed by atoms with Gasteiger partial charge in [-0.15, -0.1) is 18.3 Å². The number of benzene rings is 2. The maximum absolute atomic E-state index is 13.2. The van der Waals surface area contributed by atoms with Gasteiger partial charge >= 0.3 is 12.5 Å². The normalized spacial score (nSPS) is 12.5. The second kappa shape index (κ2) is 9.20. The van der Waals surface area contributed by atoms with Gasteiger partial charge in [0.15, 0.2) is 5.69 Å². The Hall–Kier alpha value is -3.04. The Morgan fingerprint density at radius 2 is 1.63 bits per heavy atom. The SMILES string of the molecule is Cc1c(C(=O)NS(=O)(=O)c2ccccc2C(F)(F)F)nnn1-c1c(Cl)cc(OC(F)(F)F)cc1Cl. The van der Waals surface area contributed by atoms with E-state index in [0.29, 0.717) is 12.1 Å². The van der Waals surface area contributed by atoms with Crippen molar-refractivity contribution in [3.63, 3.8) is 0 Å². The molecule has 3 rings (SSSR count). The molecular formula is C18H10Cl2F6N4O4S. The van der Waals surface area contributed by atoms with E-state index < -0.39 is 60.4 Å². The molecule has 0 unspecified atom stereocenters. The highest BCUT2D eigenvalue weighted by Gasteiger charge is 2.38. The van der Waals surface area contributed by atoms with Crippen LogP contribution in [0.5, 0.6) is 5.75 Å². The molecule has 1 heterocycles. The van der Waals surface area contributed by atoms with E-state index in [9.17, 15) is 39.6 Å². The third-order valence-corrected chi connectivity index (χ3v) is 6.22. The number of rotatable bonds is 5. The summed E-state index contributed by atoms with van der Waals surface area (Å²) in [5.74, 6) is -2.18. The van der Waals surface area contributed by atoms with Gasteiger partial charge in [-0.1, -0.05) is 40.5 Å². The molecule has 0 radical (unpaired) electrons. The number of ether oxygens (including phenoxy) is 1. The molecular weight excluding hydrogens is 553 g/mol. The summed E-state index contributed by atoms with van der Waals surface area (Å²) in [5.41, 5.74) is -2.55. The van der Waals surface area contributed by atoms with Crippen LogP contribution in [-0.2, 0) is 16.2 Å². The number of carbonyl (C=O) groups excluding carboxylic acids is 1. The van der Waals surface area contributed by atoms with Crippen molar-refractivity contribution < 1.29 is 44.3 Å². The smallest absolute Gasteiger partial charge is 0.406 e. The van der Waals surface area contributed by atoms with Gasteiger partial charge in [0.05, 0.1) is 26.2 Å². The molecule has 0 saturated heterocycles. The molecule has 188 valence electrons. The van der Waals surface area contributed by atoms with Crippen molar-refractivity contribution in [2.24, 2.45) is 0 Å². The van der Waals surface area contributed by atoms with Crippen LogP contribution in [0.25, 0.3) is 5.69 Å². The molecule has 1 aromatic heterocycles. The number of aromatic nitrogens is 3. The molecule has 0 aliphatic rings. The third kappa shape index (κ3) is 5.79. The minimum atomic E-state index is -5.03. The molecule has 3 aromatic rings. The zero-order valence-electron chi connectivity index (χ0n) is 16.9. The quantitative estimate of drug-likeness (QED) is 0.443. The summed E-state index contributed by atoms with van der Waals surface area (Å²) in [5, 5.41) is 6.28. The molecule has 0 bridgehead atoms. The standard InChI is InChI=1S/C18H10Cl2F6N4O4S/c1-8-14(16(31)28-35(32,33)13-5-3-2-4-10(13)17(21,22)23)27-29-30(8)15-11(19)6-9(7-12(15)20)34-18(24,25)26/h2-7H,1H3,(H,28,31). The maximum Gasteiger partial charge on any atom is 0.573 e. The van der Waals surface area contributed by atoms with Crippen LogP contribution in [0.3, 0.4) is 0 Å². The molecule has 35 heavy (non-hydrogen) atoms. The Morgan fingerprint density at radius 3 is 2.17 bits per heavy atom. The van der Waals surface area contributed by atoms with Crippen molar-refractivity contribution in [1.29, 1.82) is 0 Å². The highest BCUT2D eigenvalue weighted by molar-refractivity contribution is 7.90. The predicted molar refractivity (Wildman–Crippen MR) is 109 cm³/mol. The minimum absolute atomic E-state index is 0.185. The first-order valence-electron chi connectivity index (χ1n) is 8.92. The molecule has 0 saturated carbocycles. The van der Waals surface area contributed by atoms with Crippen LogP contribution in [0.1, 0.15) is 21.7 Å². The number of hydrogen-bond acceptors (Lipinski definition) is 6. The van der Waals surface area contributed by atoms with E-state index in [-0.39, 0.29) is 11.4 Å². The summed E-state index contributed by atoms with van der Waals surface area (Å²) in [6.07, 6.45) is -10.1. The molecule has 17 heteroatoms. The van der Waals surface area contributed by atoms with Crippen LogP contribution >= 0.6 is 23.2 Å².